The summed E-state index contributed by atoms with van der Waals surface area (Å²) >= 11 is 0. The Morgan fingerprint density at radius 2 is 2.41 bits per heavy atom. The van der Waals surface area contributed by atoms with Gasteiger partial charge in [-0.3, -0.25) is 0 Å². The fourth-order valence-electron chi connectivity index (χ4n) is 2.27. The molecule has 1 aromatic heterocycles. The van der Waals surface area contributed by atoms with Gasteiger partial charge < -0.3 is 9.64 Å². The van der Waals surface area contributed by atoms with E-state index in [1.165, 1.54) is 0 Å². The van der Waals surface area contributed by atoms with Crippen molar-refractivity contribution in [3.05, 3.63) is 24.0 Å². The lowest BCUT2D eigenvalue weighted by Gasteiger charge is -2.40. The molecule has 0 radical (unpaired) electrons. The van der Waals surface area contributed by atoms with E-state index in [0.717, 1.165) is 31.6 Å². The van der Waals surface area contributed by atoms with E-state index >= 15 is 0 Å². The summed E-state index contributed by atoms with van der Waals surface area (Å²) in [6.07, 6.45) is 3.87. The van der Waals surface area contributed by atoms with Gasteiger partial charge in [0, 0.05) is 32.1 Å². The minimum Gasteiger partial charge on any atom is -0.377 e. The van der Waals surface area contributed by atoms with Gasteiger partial charge in [0.15, 0.2) is 0 Å². The summed E-state index contributed by atoms with van der Waals surface area (Å²) in [6, 6.07) is 5.85. The highest BCUT2D eigenvalue weighted by atomic mass is 16.5. The van der Waals surface area contributed by atoms with Crippen LogP contribution in [0.1, 0.15) is 25.5 Å². The number of hydrogen-bond donors (Lipinski definition) is 0. The van der Waals surface area contributed by atoms with Gasteiger partial charge in [-0.25, -0.2) is 4.98 Å². The van der Waals surface area contributed by atoms with Crippen LogP contribution in [0.5, 0.6) is 0 Å². The zero-order valence-electron chi connectivity index (χ0n) is 10.3. The maximum absolute atomic E-state index is 8.85. The zero-order chi connectivity index (χ0) is 12.3. The van der Waals surface area contributed by atoms with Gasteiger partial charge in [0.1, 0.15) is 11.8 Å². The second-order valence-electron chi connectivity index (χ2n) is 4.69. The summed E-state index contributed by atoms with van der Waals surface area (Å²) in [4.78, 5) is 6.25. The van der Waals surface area contributed by atoms with Gasteiger partial charge in [-0.15, -0.1) is 0 Å². The Labute approximate surface area is 102 Å². The third-order valence-corrected chi connectivity index (χ3v) is 3.37. The first-order valence-electron chi connectivity index (χ1n) is 5.83. The number of hydrogen-bond acceptors (Lipinski definition) is 4. The zero-order valence-corrected chi connectivity index (χ0v) is 10.3. The molecule has 0 aromatic carbocycles. The molecule has 4 heteroatoms. The second kappa shape index (κ2) is 4.72. The largest absolute Gasteiger partial charge is 0.377 e. The normalized spacial score (nSPS) is 24.4. The van der Waals surface area contributed by atoms with Crippen LogP contribution in [0, 0.1) is 11.3 Å². The summed E-state index contributed by atoms with van der Waals surface area (Å²) in [5.41, 5.74) is 1.43. The first-order valence-corrected chi connectivity index (χ1v) is 5.83. The van der Waals surface area contributed by atoms with Crippen molar-refractivity contribution >= 4 is 5.69 Å². The van der Waals surface area contributed by atoms with Gasteiger partial charge in [-0.05, 0) is 31.9 Å². The van der Waals surface area contributed by atoms with E-state index in [0.29, 0.717) is 5.69 Å². The van der Waals surface area contributed by atoms with E-state index in [-0.39, 0.29) is 5.60 Å². The molecule has 4 nitrogen and oxygen atoms in total. The van der Waals surface area contributed by atoms with E-state index in [2.05, 4.69) is 22.9 Å². The van der Waals surface area contributed by atoms with Crippen molar-refractivity contribution in [1.82, 2.24) is 4.98 Å². The molecule has 2 heterocycles. The van der Waals surface area contributed by atoms with Crippen LogP contribution in [0.25, 0.3) is 0 Å². The molecule has 0 amide bonds. The summed E-state index contributed by atoms with van der Waals surface area (Å²) in [5, 5.41) is 8.85. The molecule has 1 atom stereocenters. The van der Waals surface area contributed by atoms with Crippen molar-refractivity contribution in [3.63, 3.8) is 0 Å². The number of nitrogens with zero attached hydrogens (tertiary/aromatic N) is 3. The highest BCUT2D eigenvalue weighted by Gasteiger charge is 2.30. The molecule has 90 valence electrons. The first-order chi connectivity index (χ1) is 8.17. The molecule has 1 aromatic rings. The first kappa shape index (κ1) is 11.9. The SMILES string of the molecule is COC1(C)CCCN(c2ccnc(C#N)c2)C1. The topological polar surface area (TPSA) is 49.1 Å². The van der Waals surface area contributed by atoms with Crippen molar-refractivity contribution in [2.45, 2.75) is 25.4 Å². The second-order valence-corrected chi connectivity index (χ2v) is 4.69. The van der Waals surface area contributed by atoms with Crippen molar-refractivity contribution in [2.24, 2.45) is 0 Å². The van der Waals surface area contributed by atoms with Crippen LogP contribution < -0.4 is 4.90 Å². The van der Waals surface area contributed by atoms with Crippen LogP contribution >= 0.6 is 0 Å². The van der Waals surface area contributed by atoms with Gasteiger partial charge in [0.2, 0.25) is 0 Å². The Balaban J connectivity index is 2.19. The molecule has 0 aliphatic carbocycles. The average Bonchev–Trinajstić information content (AvgIpc) is 2.39. The van der Waals surface area contributed by atoms with Crippen LogP contribution in [0.15, 0.2) is 18.3 Å². The average molecular weight is 231 g/mol. The molecule has 1 saturated heterocycles. The highest BCUT2D eigenvalue weighted by Crippen LogP contribution is 2.27. The van der Waals surface area contributed by atoms with E-state index in [1.807, 2.05) is 12.1 Å². The number of piperidine rings is 1. The molecular formula is C13H17N3O. The van der Waals surface area contributed by atoms with Gasteiger partial charge in [-0.1, -0.05) is 0 Å². The van der Waals surface area contributed by atoms with Crippen molar-refractivity contribution < 1.29 is 4.74 Å². The molecule has 0 saturated carbocycles. The van der Waals surface area contributed by atoms with Gasteiger partial charge in [0.25, 0.3) is 0 Å². The Bertz CT molecular complexity index is 441. The maximum atomic E-state index is 8.85. The van der Waals surface area contributed by atoms with Crippen LogP contribution in [0.2, 0.25) is 0 Å². The quantitative estimate of drug-likeness (QED) is 0.780. The summed E-state index contributed by atoms with van der Waals surface area (Å²) in [5.74, 6) is 0. The maximum Gasteiger partial charge on any atom is 0.142 e. The molecular weight excluding hydrogens is 214 g/mol. The Morgan fingerprint density at radius 3 is 3.12 bits per heavy atom. The molecule has 0 spiro atoms. The molecule has 1 fully saturated rings. The lowest BCUT2D eigenvalue weighted by atomic mass is 9.94. The Morgan fingerprint density at radius 1 is 1.59 bits per heavy atom. The summed E-state index contributed by atoms with van der Waals surface area (Å²) in [6.45, 7) is 4.00. The number of ether oxygens (including phenoxy) is 1. The fourth-order valence-corrected chi connectivity index (χ4v) is 2.27. The number of aromatic nitrogens is 1. The molecule has 1 aliphatic heterocycles. The molecule has 0 N–H and O–H groups in total. The number of rotatable bonds is 2. The number of methoxy groups -OCH3 is 1. The minimum atomic E-state index is -0.0890. The monoisotopic (exact) mass is 231 g/mol. The third-order valence-electron chi connectivity index (χ3n) is 3.37. The molecule has 1 unspecified atom stereocenters. The van der Waals surface area contributed by atoms with Crippen LogP contribution in [-0.4, -0.2) is 30.8 Å². The molecule has 1 aliphatic rings. The minimum absolute atomic E-state index is 0.0890. The van der Waals surface area contributed by atoms with Crippen molar-refractivity contribution in [3.8, 4) is 6.07 Å². The number of nitriles is 1. The number of anilines is 1. The van der Waals surface area contributed by atoms with Crippen LogP contribution in [0.3, 0.4) is 0 Å². The van der Waals surface area contributed by atoms with Crippen molar-refractivity contribution in [1.29, 1.82) is 5.26 Å². The standard InChI is InChI=1S/C13H17N3O/c1-13(17-2)5-3-7-16(10-13)12-4-6-15-11(8-12)9-14/h4,6,8H,3,5,7,10H2,1-2H3. The van der Waals surface area contributed by atoms with Gasteiger partial charge in [-0.2, -0.15) is 5.26 Å². The van der Waals surface area contributed by atoms with Gasteiger partial charge >= 0.3 is 0 Å². The van der Waals surface area contributed by atoms with E-state index in [4.69, 9.17) is 10.00 Å². The predicted octanol–water partition coefficient (Wildman–Crippen LogP) is 1.96. The number of pyridine rings is 1. The highest BCUT2D eigenvalue weighted by molar-refractivity contribution is 5.49. The third kappa shape index (κ3) is 2.56. The lowest BCUT2D eigenvalue weighted by Crippen LogP contribution is -2.47. The molecule has 17 heavy (non-hydrogen) atoms. The summed E-state index contributed by atoms with van der Waals surface area (Å²) < 4.78 is 5.56. The van der Waals surface area contributed by atoms with E-state index < -0.39 is 0 Å². The van der Waals surface area contributed by atoms with Crippen LogP contribution in [0.4, 0.5) is 5.69 Å². The Kier molecular flexibility index (Phi) is 3.30. The van der Waals surface area contributed by atoms with E-state index in [9.17, 15) is 0 Å². The summed E-state index contributed by atoms with van der Waals surface area (Å²) in [7, 11) is 1.76. The van der Waals surface area contributed by atoms with Gasteiger partial charge in [0.05, 0.1) is 5.60 Å². The molecule has 2 rings (SSSR count). The predicted molar refractivity (Wildman–Crippen MR) is 65.8 cm³/mol. The van der Waals surface area contributed by atoms with Crippen LogP contribution in [-0.2, 0) is 4.74 Å². The Hall–Kier alpha value is -1.60. The van der Waals surface area contributed by atoms with E-state index in [1.54, 1.807) is 13.3 Å². The van der Waals surface area contributed by atoms with Crippen molar-refractivity contribution in [2.75, 3.05) is 25.1 Å². The fraction of sp³-hybridized carbons (Fsp3) is 0.538. The molecule has 0 bridgehead atoms. The smallest absolute Gasteiger partial charge is 0.142 e. The lowest BCUT2D eigenvalue weighted by molar-refractivity contribution is -0.00465.